The maximum atomic E-state index is 11.7. The fourth-order valence-electron chi connectivity index (χ4n) is 2.82. The molecular formula is C21H24N2O4S. The van der Waals surface area contributed by atoms with Gasteiger partial charge in [-0.3, -0.25) is 0 Å². The van der Waals surface area contributed by atoms with Gasteiger partial charge in [0, 0.05) is 18.4 Å². The van der Waals surface area contributed by atoms with Gasteiger partial charge in [-0.15, -0.1) is 0 Å². The number of hydrogen-bond acceptors (Lipinski definition) is 5. The predicted octanol–water partition coefficient (Wildman–Crippen LogP) is 3.23. The highest BCUT2D eigenvalue weighted by molar-refractivity contribution is 7.90. The van der Waals surface area contributed by atoms with E-state index in [0.29, 0.717) is 24.5 Å². The fourth-order valence-corrected chi connectivity index (χ4v) is 3.45. The molecular weight excluding hydrogens is 376 g/mol. The van der Waals surface area contributed by atoms with E-state index in [1.54, 1.807) is 37.4 Å². The van der Waals surface area contributed by atoms with Crippen molar-refractivity contribution >= 4 is 9.84 Å². The Morgan fingerprint density at radius 2 is 1.89 bits per heavy atom. The lowest BCUT2D eigenvalue weighted by Gasteiger charge is -2.11. The Labute approximate surface area is 165 Å². The van der Waals surface area contributed by atoms with E-state index in [9.17, 15) is 13.5 Å². The Bertz CT molecular complexity index is 1020. The third-order valence-electron chi connectivity index (χ3n) is 4.32. The summed E-state index contributed by atoms with van der Waals surface area (Å²) in [6.07, 6.45) is 3.14. The summed E-state index contributed by atoms with van der Waals surface area (Å²) >= 11 is 0. The smallest absolute Gasteiger partial charge is 0.175 e. The van der Waals surface area contributed by atoms with Gasteiger partial charge in [-0.25, -0.2) is 13.1 Å². The van der Waals surface area contributed by atoms with Crippen molar-refractivity contribution in [3.63, 3.8) is 0 Å². The molecule has 0 spiro atoms. The highest BCUT2D eigenvalue weighted by atomic mass is 32.2. The summed E-state index contributed by atoms with van der Waals surface area (Å²) < 4.78 is 30.7. The minimum atomic E-state index is -3.22. The zero-order valence-corrected chi connectivity index (χ0v) is 16.8. The number of benzene rings is 2. The van der Waals surface area contributed by atoms with Crippen molar-refractivity contribution in [1.82, 2.24) is 9.78 Å². The summed E-state index contributed by atoms with van der Waals surface area (Å²) in [5.74, 6) is 0. The monoisotopic (exact) mass is 400 g/mol. The van der Waals surface area contributed by atoms with Crippen LogP contribution in [0.2, 0.25) is 0 Å². The molecule has 0 aliphatic heterocycles. The summed E-state index contributed by atoms with van der Waals surface area (Å²) in [5.41, 5.74) is 3.65. The van der Waals surface area contributed by atoms with E-state index in [-0.39, 0.29) is 6.10 Å². The minimum absolute atomic E-state index is 0.290. The Balaban J connectivity index is 1.81. The predicted molar refractivity (Wildman–Crippen MR) is 108 cm³/mol. The van der Waals surface area contributed by atoms with E-state index in [0.717, 1.165) is 22.5 Å². The maximum absolute atomic E-state index is 11.7. The van der Waals surface area contributed by atoms with Gasteiger partial charge in [0.2, 0.25) is 0 Å². The van der Waals surface area contributed by atoms with Crippen LogP contribution in [0.1, 0.15) is 18.9 Å². The van der Waals surface area contributed by atoms with Crippen molar-refractivity contribution < 1.29 is 18.3 Å². The molecule has 148 valence electrons. The quantitative estimate of drug-likeness (QED) is 0.587. The van der Waals surface area contributed by atoms with Gasteiger partial charge < -0.3 is 9.84 Å². The third kappa shape index (κ3) is 5.07. The van der Waals surface area contributed by atoms with Gasteiger partial charge in [-0.2, -0.15) is 5.10 Å². The SMILES string of the molecule is CC(O)CCOCc1cccc(-n2nccc2-c2ccc(S(C)(=O)=O)cc2)c1. The zero-order valence-electron chi connectivity index (χ0n) is 15.9. The third-order valence-corrected chi connectivity index (χ3v) is 5.45. The van der Waals surface area contributed by atoms with Gasteiger partial charge >= 0.3 is 0 Å². The molecule has 0 fully saturated rings. The van der Waals surface area contributed by atoms with Crippen LogP contribution < -0.4 is 0 Å². The highest BCUT2D eigenvalue weighted by Crippen LogP contribution is 2.24. The van der Waals surface area contributed by atoms with Crippen LogP contribution in [-0.2, 0) is 21.2 Å². The molecule has 0 aliphatic rings. The van der Waals surface area contributed by atoms with Crippen molar-refractivity contribution in [2.24, 2.45) is 0 Å². The molecule has 1 N–H and O–H groups in total. The van der Waals surface area contributed by atoms with Crippen molar-refractivity contribution in [3.05, 3.63) is 66.4 Å². The van der Waals surface area contributed by atoms with Gasteiger partial charge in [0.25, 0.3) is 0 Å². The topological polar surface area (TPSA) is 81.4 Å². The van der Waals surface area contributed by atoms with Crippen LogP contribution in [0.5, 0.6) is 0 Å². The van der Waals surface area contributed by atoms with E-state index in [1.165, 1.54) is 6.26 Å². The van der Waals surface area contributed by atoms with E-state index >= 15 is 0 Å². The Hall–Kier alpha value is -2.48. The second kappa shape index (κ2) is 8.68. The molecule has 0 bridgehead atoms. The van der Waals surface area contributed by atoms with Gasteiger partial charge in [0.05, 0.1) is 35.2 Å². The molecule has 28 heavy (non-hydrogen) atoms. The van der Waals surface area contributed by atoms with Gasteiger partial charge in [0.1, 0.15) is 0 Å². The number of ether oxygens (including phenoxy) is 1. The Kier molecular flexibility index (Phi) is 6.28. The molecule has 0 amide bonds. The van der Waals surface area contributed by atoms with Gasteiger partial charge in [0.15, 0.2) is 9.84 Å². The average Bonchev–Trinajstić information content (AvgIpc) is 3.15. The molecule has 6 nitrogen and oxygen atoms in total. The van der Waals surface area contributed by atoms with Crippen LogP contribution in [0.25, 0.3) is 16.9 Å². The summed E-state index contributed by atoms with van der Waals surface area (Å²) in [6.45, 7) is 2.70. The number of aromatic nitrogens is 2. The Morgan fingerprint density at radius 3 is 2.57 bits per heavy atom. The average molecular weight is 401 g/mol. The molecule has 2 aromatic carbocycles. The highest BCUT2D eigenvalue weighted by Gasteiger charge is 2.11. The van der Waals surface area contributed by atoms with Crippen molar-refractivity contribution in [2.75, 3.05) is 12.9 Å². The molecule has 1 atom stereocenters. The number of hydrogen-bond donors (Lipinski definition) is 1. The summed E-state index contributed by atoms with van der Waals surface area (Å²) in [7, 11) is -3.22. The molecule has 3 aromatic rings. The first-order valence-electron chi connectivity index (χ1n) is 9.04. The standard InChI is InChI=1S/C21H24N2O4S/c1-16(24)11-13-27-15-17-4-3-5-19(14-17)23-21(10-12-22-23)18-6-8-20(9-7-18)28(2,25)26/h3-10,12,14,16,24H,11,13,15H2,1-2H3. The van der Waals surface area contributed by atoms with Crippen LogP contribution in [0.4, 0.5) is 0 Å². The van der Waals surface area contributed by atoms with Crippen LogP contribution >= 0.6 is 0 Å². The summed E-state index contributed by atoms with van der Waals surface area (Å²) in [5, 5.41) is 13.7. The zero-order chi connectivity index (χ0) is 20.1. The number of sulfone groups is 1. The lowest BCUT2D eigenvalue weighted by atomic mass is 10.1. The van der Waals surface area contributed by atoms with E-state index in [1.807, 2.05) is 35.0 Å². The molecule has 0 aliphatic carbocycles. The molecule has 1 aromatic heterocycles. The van der Waals surface area contributed by atoms with E-state index in [4.69, 9.17) is 4.74 Å². The first kappa shape index (κ1) is 20.3. The number of nitrogens with zero attached hydrogens (tertiary/aromatic N) is 2. The lowest BCUT2D eigenvalue weighted by molar-refractivity contribution is 0.0801. The summed E-state index contributed by atoms with van der Waals surface area (Å²) in [6, 6.07) is 16.6. The normalized spacial score (nSPS) is 12.8. The number of aliphatic hydroxyl groups is 1. The first-order chi connectivity index (χ1) is 13.3. The molecule has 1 unspecified atom stereocenters. The molecule has 0 saturated carbocycles. The molecule has 3 rings (SSSR count). The molecule has 0 radical (unpaired) electrons. The minimum Gasteiger partial charge on any atom is -0.393 e. The largest absolute Gasteiger partial charge is 0.393 e. The van der Waals surface area contributed by atoms with Gasteiger partial charge in [-0.1, -0.05) is 24.3 Å². The molecule has 0 saturated heterocycles. The maximum Gasteiger partial charge on any atom is 0.175 e. The lowest BCUT2D eigenvalue weighted by Crippen LogP contribution is -2.06. The van der Waals surface area contributed by atoms with Crippen LogP contribution in [-0.4, -0.2) is 42.3 Å². The van der Waals surface area contributed by atoms with Gasteiger partial charge in [-0.05, 0) is 49.2 Å². The first-order valence-corrected chi connectivity index (χ1v) is 10.9. The fraction of sp³-hybridized carbons (Fsp3) is 0.286. The van der Waals surface area contributed by atoms with Crippen LogP contribution in [0.3, 0.4) is 0 Å². The second-order valence-electron chi connectivity index (χ2n) is 6.78. The van der Waals surface area contributed by atoms with Crippen LogP contribution in [0, 0.1) is 0 Å². The number of aliphatic hydroxyl groups excluding tert-OH is 1. The van der Waals surface area contributed by atoms with Crippen molar-refractivity contribution in [2.45, 2.75) is 31.0 Å². The second-order valence-corrected chi connectivity index (χ2v) is 8.80. The Morgan fingerprint density at radius 1 is 1.14 bits per heavy atom. The summed E-state index contributed by atoms with van der Waals surface area (Å²) in [4.78, 5) is 0.290. The van der Waals surface area contributed by atoms with Crippen molar-refractivity contribution in [1.29, 1.82) is 0 Å². The molecule has 7 heteroatoms. The van der Waals surface area contributed by atoms with E-state index in [2.05, 4.69) is 5.10 Å². The van der Waals surface area contributed by atoms with E-state index < -0.39 is 9.84 Å². The van der Waals surface area contributed by atoms with Crippen LogP contribution in [0.15, 0.2) is 65.7 Å². The number of rotatable bonds is 8. The molecule has 1 heterocycles. The van der Waals surface area contributed by atoms with Crippen molar-refractivity contribution in [3.8, 4) is 16.9 Å².